The van der Waals surface area contributed by atoms with Crippen LogP contribution in [0.2, 0.25) is 0 Å². The molecule has 6 aromatic rings. The van der Waals surface area contributed by atoms with Crippen LogP contribution in [0.5, 0.6) is 0 Å². The largest absolute Gasteiger partial charge is 0.456 e. The van der Waals surface area contributed by atoms with E-state index >= 15 is 0 Å². The average molecular weight is 629 g/mol. The molecule has 0 N–H and O–H groups in total. The first-order valence-corrected chi connectivity index (χ1v) is 15.4. The van der Waals surface area contributed by atoms with Crippen LogP contribution >= 0.6 is 10.3 Å². The van der Waals surface area contributed by atoms with Crippen molar-refractivity contribution < 1.29 is 38.4 Å². The summed E-state index contributed by atoms with van der Waals surface area (Å²) in [5, 5.41) is 0.277. The Morgan fingerprint density at radius 1 is 0.535 bits per heavy atom. The second-order valence-electron chi connectivity index (χ2n) is 9.19. The topological polar surface area (TPSA) is 73.6 Å². The molecule has 0 fully saturated rings. The molecule has 43 heavy (non-hydrogen) atoms. The summed E-state index contributed by atoms with van der Waals surface area (Å²) in [5.74, 6) is -12.6. The smallest absolute Gasteiger partial charge is 0.313 e. The van der Waals surface area contributed by atoms with Crippen molar-refractivity contribution in [1.82, 2.24) is 0 Å². The first-order chi connectivity index (χ1) is 20.6. The van der Waals surface area contributed by atoms with Gasteiger partial charge < -0.3 is 4.42 Å². The number of para-hydroxylation sites is 1. The molecule has 1 aromatic heterocycles. The van der Waals surface area contributed by atoms with E-state index in [1.807, 2.05) is 0 Å². The summed E-state index contributed by atoms with van der Waals surface area (Å²) < 4.78 is 111. The first-order valence-electron chi connectivity index (χ1n) is 12.4. The Kier molecular flexibility index (Phi) is 7.07. The SMILES string of the molecule is O=c1c2ccccc2oc2ccc(S(OS(=O)(=O)c3c(F)c(F)c(F)c(F)c3F)(c3ccccc3)c3ccccc3)cc12. The van der Waals surface area contributed by atoms with Crippen molar-refractivity contribution in [3.63, 3.8) is 0 Å². The van der Waals surface area contributed by atoms with Crippen LogP contribution in [0.25, 0.3) is 21.9 Å². The Morgan fingerprint density at radius 2 is 1.02 bits per heavy atom. The van der Waals surface area contributed by atoms with Gasteiger partial charge in [0.2, 0.25) is 11.2 Å². The van der Waals surface area contributed by atoms with E-state index in [0.29, 0.717) is 5.58 Å². The van der Waals surface area contributed by atoms with E-state index in [1.54, 1.807) is 60.7 Å². The van der Waals surface area contributed by atoms with Crippen molar-refractivity contribution in [2.75, 3.05) is 0 Å². The molecule has 0 saturated carbocycles. The van der Waals surface area contributed by atoms with Gasteiger partial charge in [0.1, 0.15) is 11.2 Å². The third-order valence-electron chi connectivity index (χ3n) is 6.64. The highest BCUT2D eigenvalue weighted by Gasteiger charge is 2.42. The predicted molar refractivity (Wildman–Crippen MR) is 150 cm³/mol. The summed E-state index contributed by atoms with van der Waals surface area (Å²) >= 11 is 0. The average Bonchev–Trinajstić information content (AvgIpc) is 3.02. The first kappa shape index (κ1) is 28.6. The van der Waals surface area contributed by atoms with Gasteiger partial charge in [0.15, 0.2) is 28.2 Å². The molecule has 0 unspecified atom stereocenters. The number of rotatable bonds is 6. The standard InChI is InChI=1S/C31H17F5O5S2/c32-25-26(33)28(35)31(29(36)27(25)34)43(38,39)41-42(18-9-3-1-4-10-18,19-11-5-2-6-12-19)20-15-16-24-22(17-20)30(37)21-13-7-8-14-23(21)40-24/h1-17H. The van der Waals surface area contributed by atoms with Crippen LogP contribution in [0.1, 0.15) is 0 Å². The molecule has 0 atom stereocenters. The molecular weight excluding hydrogens is 611 g/mol. The lowest BCUT2D eigenvalue weighted by Crippen LogP contribution is -2.19. The van der Waals surface area contributed by atoms with Crippen molar-refractivity contribution in [3.8, 4) is 0 Å². The molecule has 0 bridgehead atoms. The van der Waals surface area contributed by atoms with E-state index in [-0.39, 0.29) is 31.0 Å². The van der Waals surface area contributed by atoms with Gasteiger partial charge in [-0.2, -0.15) is 8.42 Å². The van der Waals surface area contributed by atoms with E-state index in [0.717, 1.165) is 0 Å². The number of hydrogen-bond donors (Lipinski definition) is 0. The monoisotopic (exact) mass is 628 g/mol. The lowest BCUT2D eigenvalue weighted by atomic mass is 10.1. The third-order valence-corrected chi connectivity index (χ3v) is 11.8. The molecule has 0 saturated heterocycles. The molecule has 0 aliphatic heterocycles. The van der Waals surface area contributed by atoms with Gasteiger partial charge in [-0.3, -0.25) is 4.79 Å². The maximum atomic E-state index is 14.9. The zero-order valence-corrected chi connectivity index (χ0v) is 23.2. The fourth-order valence-corrected chi connectivity index (χ4v) is 10.0. The maximum Gasteiger partial charge on any atom is 0.313 e. The number of halogens is 5. The van der Waals surface area contributed by atoms with Gasteiger partial charge in [-0.05, 0) is 64.9 Å². The summed E-state index contributed by atoms with van der Waals surface area (Å²) in [6.07, 6.45) is 0. The zero-order valence-electron chi connectivity index (χ0n) is 21.6. The van der Waals surface area contributed by atoms with Crippen LogP contribution in [0.4, 0.5) is 22.0 Å². The summed E-state index contributed by atoms with van der Waals surface area (Å²) in [5.41, 5.74) is 0.0165. The Hall–Kier alpha value is -4.52. The van der Waals surface area contributed by atoms with Crippen molar-refractivity contribution in [3.05, 3.63) is 142 Å². The Balaban J connectivity index is 1.71. The quantitative estimate of drug-likeness (QED) is 0.0804. The Labute approximate surface area is 242 Å². The van der Waals surface area contributed by atoms with E-state index in [9.17, 15) is 35.2 Å². The predicted octanol–water partition coefficient (Wildman–Crippen LogP) is 8.24. The van der Waals surface area contributed by atoms with Gasteiger partial charge in [0.25, 0.3) is 0 Å². The minimum atomic E-state index is -5.74. The Morgan fingerprint density at radius 3 is 1.60 bits per heavy atom. The molecule has 0 aliphatic rings. The third kappa shape index (κ3) is 4.58. The van der Waals surface area contributed by atoms with Crippen LogP contribution in [-0.4, -0.2) is 8.42 Å². The van der Waals surface area contributed by atoms with Crippen LogP contribution in [0.15, 0.2) is 132 Å². The number of hydrogen-bond acceptors (Lipinski definition) is 5. The molecule has 0 spiro atoms. The molecule has 12 heteroatoms. The molecule has 0 aliphatic carbocycles. The summed E-state index contributed by atoms with van der Waals surface area (Å²) in [6, 6.07) is 26.1. The zero-order chi connectivity index (χ0) is 30.5. The summed E-state index contributed by atoms with van der Waals surface area (Å²) in [7, 11) is -9.35. The lowest BCUT2D eigenvalue weighted by molar-refractivity contribution is 0.354. The van der Waals surface area contributed by atoms with Gasteiger partial charge >= 0.3 is 10.1 Å². The van der Waals surface area contributed by atoms with Crippen molar-refractivity contribution in [2.24, 2.45) is 0 Å². The summed E-state index contributed by atoms with van der Waals surface area (Å²) in [6.45, 7) is 0. The van der Waals surface area contributed by atoms with E-state index in [2.05, 4.69) is 0 Å². The van der Waals surface area contributed by atoms with Crippen molar-refractivity contribution in [2.45, 2.75) is 19.6 Å². The Bertz CT molecular complexity index is 2140. The van der Waals surface area contributed by atoms with Crippen LogP contribution in [0.3, 0.4) is 0 Å². The van der Waals surface area contributed by atoms with E-state index in [1.165, 1.54) is 42.5 Å². The van der Waals surface area contributed by atoms with Crippen LogP contribution < -0.4 is 5.43 Å². The minimum Gasteiger partial charge on any atom is -0.456 e. The normalized spacial score (nSPS) is 12.6. The minimum absolute atomic E-state index is 0.0390. The summed E-state index contributed by atoms with van der Waals surface area (Å²) in [4.78, 5) is 11.8. The van der Waals surface area contributed by atoms with Gasteiger partial charge in [-0.25, -0.2) is 25.6 Å². The highest BCUT2D eigenvalue weighted by atomic mass is 32.3. The molecular formula is C31H17F5O5S2. The van der Waals surface area contributed by atoms with Crippen LogP contribution in [-0.2, 0) is 13.7 Å². The van der Waals surface area contributed by atoms with E-state index in [4.69, 9.17) is 8.05 Å². The van der Waals surface area contributed by atoms with Crippen LogP contribution in [0, 0.1) is 29.1 Å². The molecule has 1 heterocycles. The molecule has 0 amide bonds. The number of fused-ring (bicyclic) bond motifs is 2. The highest BCUT2D eigenvalue weighted by Crippen LogP contribution is 2.70. The second-order valence-corrected chi connectivity index (χ2v) is 13.6. The van der Waals surface area contributed by atoms with Gasteiger partial charge in [0, 0.05) is 14.7 Å². The molecule has 6 rings (SSSR count). The number of benzene rings is 5. The highest BCUT2D eigenvalue weighted by molar-refractivity contribution is 8.33. The molecule has 5 aromatic carbocycles. The van der Waals surface area contributed by atoms with Crippen molar-refractivity contribution >= 4 is 42.4 Å². The van der Waals surface area contributed by atoms with Gasteiger partial charge in [-0.15, -0.1) is 0 Å². The van der Waals surface area contributed by atoms with Gasteiger partial charge in [0.05, 0.1) is 10.8 Å². The fraction of sp³-hybridized carbons (Fsp3) is 0. The van der Waals surface area contributed by atoms with E-state index < -0.39 is 59.8 Å². The lowest BCUT2D eigenvalue weighted by Gasteiger charge is -2.39. The van der Waals surface area contributed by atoms with Gasteiger partial charge in [-0.1, -0.05) is 48.5 Å². The molecule has 0 radical (unpaired) electrons. The fourth-order valence-electron chi connectivity index (χ4n) is 4.68. The van der Waals surface area contributed by atoms with Crippen molar-refractivity contribution in [1.29, 1.82) is 0 Å². The second kappa shape index (κ2) is 10.6. The molecule has 5 nitrogen and oxygen atoms in total. The molecule has 218 valence electrons. The maximum absolute atomic E-state index is 14.9.